The fourth-order valence-corrected chi connectivity index (χ4v) is 3.44. The van der Waals surface area contributed by atoms with Crippen LogP contribution in [0.1, 0.15) is 10.4 Å². The monoisotopic (exact) mass is 367 g/mol. The number of benzene rings is 2. The van der Waals surface area contributed by atoms with E-state index < -0.39 is 17.5 Å². The van der Waals surface area contributed by atoms with Crippen molar-refractivity contribution in [2.24, 2.45) is 0 Å². The van der Waals surface area contributed by atoms with Gasteiger partial charge in [0.15, 0.2) is 5.82 Å². The second-order valence-corrected chi connectivity index (χ2v) is 6.11. The molecule has 0 unspecified atom stereocenters. The molecule has 0 aliphatic rings. The van der Waals surface area contributed by atoms with Crippen LogP contribution in [0.15, 0.2) is 46.3 Å². The zero-order valence-corrected chi connectivity index (χ0v) is 12.9. The van der Waals surface area contributed by atoms with Crippen LogP contribution in [0.3, 0.4) is 0 Å². The third-order valence-electron chi connectivity index (χ3n) is 2.97. The summed E-state index contributed by atoms with van der Waals surface area (Å²) in [6.07, 6.45) is 0. The summed E-state index contributed by atoms with van der Waals surface area (Å²) < 4.78 is 27.9. The minimum atomic E-state index is -0.824. The summed E-state index contributed by atoms with van der Waals surface area (Å²) in [5.41, 5.74) is 0.392. The molecule has 0 saturated carbocycles. The summed E-state index contributed by atoms with van der Waals surface area (Å²) in [5, 5.41) is 5.00. The molecule has 6 heteroatoms. The molecule has 0 spiro atoms. The van der Waals surface area contributed by atoms with Crippen molar-refractivity contribution in [3.05, 3.63) is 63.4 Å². The standard InChI is InChI=1S/C15H8BrF2NOS/c16-11-5-8(17)6-12(18)14(11)19-15(20)10-7-21-13-4-2-1-3-9(10)13/h1-7H,(H,19,20). The van der Waals surface area contributed by atoms with Crippen LogP contribution >= 0.6 is 27.3 Å². The molecule has 2 aromatic carbocycles. The Labute approximate surface area is 131 Å². The molecule has 1 aromatic heterocycles. The highest BCUT2D eigenvalue weighted by Gasteiger charge is 2.16. The van der Waals surface area contributed by atoms with Crippen LogP contribution in [0, 0.1) is 11.6 Å². The van der Waals surface area contributed by atoms with E-state index in [1.165, 1.54) is 11.3 Å². The highest BCUT2D eigenvalue weighted by molar-refractivity contribution is 9.10. The van der Waals surface area contributed by atoms with Gasteiger partial charge in [0, 0.05) is 26.0 Å². The molecule has 21 heavy (non-hydrogen) atoms. The minimum absolute atomic E-state index is 0.0725. The van der Waals surface area contributed by atoms with Gasteiger partial charge in [-0.3, -0.25) is 4.79 Å². The Balaban J connectivity index is 1.97. The number of fused-ring (bicyclic) bond motifs is 1. The SMILES string of the molecule is O=C(Nc1c(F)cc(F)cc1Br)c1csc2ccccc12. The fourth-order valence-electron chi connectivity index (χ4n) is 2.00. The third-order valence-corrected chi connectivity index (χ3v) is 4.56. The number of thiophene rings is 1. The van der Waals surface area contributed by atoms with E-state index in [0.29, 0.717) is 5.56 Å². The van der Waals surface area contributed by atoms with Crippen LogP contribution in [-0.4, -0.2) is 5.91 Å². The molecule has 0 bridgehead atoms. The van der Waals surface area contributed by atoms with Gasteiger partial charge < -0.3 is 5.32 Å². The summed E-state index contributed by atoms with van der Waals surface area (Å²) >= 11 is 4.48. The first-order valence-corrected chi connectivity index (χ1v) is 7.65. The summed E-state index contributed by atoms with van der Waals surface area (Å²) in [4.78, 5) is 12.3. The Bertz CT molecular complexity index is 824. The van der Waals surface area contributed by atoms with Gasteiger partial charge in [-0.1, -0.05) is 18.2 Å². The Kier molecular flexibility index (Phi) is 3.73. The molecule has 0 radical (unpaired) electrons. The van der Waals surface area contributed by atoms with Gasteiger partial charge in [0.2, 0.25) is 0 Å². The lowest BCUT2D eigenvalue weighted by Gasteiger charge is -2.08. The largest absolute Gasteiger partial charge is 0.318 e. The Morgan fingerprint density at radius 1 is 1.19 bits per heavy atom. The van der Waals surface area contributed by atoms with Gasteiger partial charge >= 0.3 is 0 Å². The molecule has 3 aromatic rings. The van der Waals surface area contributed by atoms with Crippen molar-refractivity contribution in [1.82, 2.24) is 0 Å². The number of nitrogens with one attached hydrogen (secondary N) is 1. The van der Waals surface area contributed by atoms with Crippen LogP contribution < -0.4 is 5.32 Å². The van der Waals surface area contributed by atoms with Crippen LogP contribution in [0.2, 0.25) is 0 Å². The van der Waals surface area contributed by atoms with E-state index in [2.05, 4.69) is 21.2 Å². The van der Waals surface area contributed by atoms with Crippen LogP contribution in [0.5, 0.6) is 0 Å². The molecule has 1 N–H and O–H groups in total. The van der Waals surface area contributed by atoms with Crippen molar-refractivity contribution in [2.75, 3.05) is 5.32 Å². The molecule has 0 aliphatic heterocycles. The van der Waals surface area contributed by atoms with E-state index in [-0.39, 0.29) is 10.2 Å². The van der Waals surface area contributed by atoms with Gasteiger partial charge in [-0.2, -0.15) is 0 Å². The number of carbonyl (C=O) groups is 1. The normalized spacial score (nSPS) is 10.8. The number of anilines is 1. The molecule has 1 amide bonds. The van der Waals surface area contributed by atoms with Crippen molar-refractivity contribution >= 4 is 48.9 Å². The van der Waals surface area contributed by atoms with Gasteiger partial charge in [0.05, 0.1) is 11.3 Å². The number of rotatable bonds is 2. The van der Waals surface area contributed by atoms with Gasteiger partial charge in [-0.15, -0.1) is 11.3 Å². The number of carbonyl (C=O) groups excluding carboxylic acids is 1. The Morgan fingerprint density at radius 2 is 1.95 bits per heavy atom. The number of amides is 1. The molecular weight excluding hydrogens is 360 g/mol. The quantitative estimate of drug-likeness (QED) is 0.662. The summed E-state index contributed by atoms with van der Waals surface area (Å²) in [6.45, 7) is 0. The predicted octanol–water partition coefficient (Wildman–Crippen LogP) is 5.19. The second-order valence-electron chi connectivity index (χ2n) is 4.34. The van der Waals surface area contributed by atoms with E-state index in [1.54, 1.807) is 5.38 Å². The van der Waals surface area contributed by atoms with Crippen LogP contribution in [0.4, 0.5) is 14.5 Å². The van der Waals surface area contributed by atoms with E-state index in [1.807, 2.05) is 24.3 Å². The first-order valence-electron chi connectivity index (χ1n) is 5.98. The summed E-state index contributed by atoms with van der Waals surface area (Å²) in [6, 6.07) is 9.29. The van der Waals surface area contributed by atoms with Gasteiger partial charge in [0.1, 0.15) is 5.82 Å². The number of hydrogen-bond acceptors (Lipinski definition) is 2. The van der Waals surface area contributed by atoms with E-state index in [0.717, 1.165) is 22.2 Å². The Morgan fingerprint density at radius 3 is 2.71 bits per heavy atom. The maximum absolute atomic E-state index is 13.7. The molecular formula is C15H8BrF2NOS. The summed E-state index contributed by atoms with van der Waals surface area (Å²) in [7, 11) is 0. The highest BCUT2D eigenvalue weighted by atomic mass is 79.9. The van der Waals surface area contributed by atoms with Crippen molar-refractivity contribution < 1.29 is 13.6 Å². The molecule has 0 saturated heterocycles. The maximum Gasteiger partial charge on any atom is 0.257 e. The molecule has 0 fully saturated rings. The first-order chi connectivity index (χ1) is 10.1. The van der Waals surface area contributed by atoms with Crippen molar-refractivity contribution in [3.63, 3.8) is 0 Å². The number of halogens is 3. The summed E-state index contributed by atoms with van der Waals surface area (Å²) in [5.74, 6) is -1.97. The third kappa shape index (κ3) is 2.69. The molecule has 3 rings (SSSR count). The zero-order chi connectivity index (χ0) is 15.0. The fraction of sp³-hybridized carbons (Fsp3) is 0. The topological polar surface area (TPSA) is 29.1 Å². The van der Waals surface area contributed by atoms with Gasteiger partial charge in [-0.25, -0.2) is 8.78 Å². The predicted molar refractivity (Wildman–Crippen MR) is 83.8 cm³/mol. The van der Waals surface area contributed by atoms with Crippen molar-refractivity contribution in [1.29, 1.82) is 0 Å². The molecule has 106 valence electrons. The lowest BCUT2D eigenvalue weighted by Crippen LogP contribution is -2.13. The molecule has 0 aliphatic carbocycles. The first kappa shape index (κ1) is 14.2. The zero-order valence-electron chi connectivity index (χ0n) is 10.5. The average molecular weight is 368 g/mol. The second kappa shape index (κ2) is 5.54. The smallest absolute Gasteiger partial charge is 0.257 e. The van der Waals surface area contributed by atoms with E-state index in [4.69, 9.17) is 0 Å². The highest BCUT2D eigenvalue weighted by Crippen LogP contribution is 2.30. The lowest BCUT2D eigenvalue weighted by molar-refractivity contribution is 0.102. The van der Waals surface area contributed by atoms with Gasteiger partial charge in [0.25, 0.3) is 5.91 Å². The average Bonchev–Trinajstić information content (AvgIpc) is 2.86. The maximum atomic E-state index is 13.7. The van der Waals surface area contributed by atoms with E-state index in [9.17, 15) is 13.6 Å². The molecule has 0 atom stereocenters. The minimum Gasteiger partial charge on any atom is -0.318 e. The molecule has 2 nitrogen and oxygen atoms in total. The number of hydrogen-bond donors (Lipinski definition) is 1. The van der Waals surface area contributed by atoms with Gasteiger partial charge in [-0.05, 0) is 28.1 Å². The van der Waals surface area contributed by atoms with E-state index >= 15 is 0 Å². The van der Waals surface area contributed by atoms with Crippen LogP contribution in [-0.2, 0) is 0 Å². The Hall–Kier alpha value is -1.79. The van der Waals surface area contributed by atoms with Crippen molar-refractivity contribution in [3.8, 4) is 0 Å². The van der Waals surface area contributed by atoms with Crippen molar-refractivity contribution in [2.45, 2.75) is 0 Å². The molecule has 1 heterocycles. The van der Waals surface area contributed by atoms with Crippen LogP contribution in [0.25, 0.3) is 10.1 Å². The lowest BCUT2D eigenvalue weighted by atomic mass is 10.1.